The van der Waals surface area contributed by atoms with Crippen LogP contribution in [0.2, 0.25) is 0 Å². The Morgan fingerprint density at radius 3 is 2.50 bits per heavy atom. The van der Waals surface area contributed by atoms with E-state index >= 15 is 0 Å². The Labute approximate surface area is 108 Å². The van der Waals surface area contributed by atoms with Gasteiger partial charge in [-0.25, -0.2) is 0 Å². The quantitative estimate of drug-likeness (QED) is 0.729. The van der Waals surface area contributed by atoms with Crippen LogP contribution in [0, 0.1) is 6.92 Å². The summed E-state index contributed by atoms with van der Waals surface area (Å²) in [6.45, 7) is 6.50. The highest BCUT2D eigenvalue weighted by Gasteiger charge is 2.29. The first-order valence-electron chi connectivity index (χ1n) is 6.16. The van der Waals surface area contributed by atoms with Crippen LogP contribution in [0.4, 0.5) is 0 Å². The van der Waals surface area contributed by atoms with E-state index < -0.39 is 11.5 Å². The third kappa shape index (κ3) is 4.04. The first-order valence-corrected chi connectivity index (χ1v) is 6.16. The van der Waals surface area contributed by atoms with Crippen molar-refractivity contribution < 1.29 is 14.6 Å². The van der Waals surface area contributed by atoms with E-state index in [-0.39, 0.29) is 0 Å². The summed E-state index contributed by atoms with van der Waals surface area (Å²) in [7, 11) is 0. The summed E-state index contributed by atoms with van der Waals surface area (Å²) in [5.41, 5.74) is 0.307. The molecule has 0 spiro atoms. The summed E-state index contributed by atoms with van der Waals surface area (Å²) in [5.74, 6) is -0.0312. The molecule has 0 bridgehead atoms. The molecule has 0 aliphatic rings. The maximum absolute atomic E-state index is 11.1. The zero-order valence-electron chi connectivity index (χ0n) is 11.2. The largest absolute Gasteiger partial charge is 0.492 e. The molecule has 1 aromatic rings. The molecule has 1 unspecified atom stereocenters. The van der Waals surface area contributed by atoms with Crippen LogP contribution < -0.4 is 10.1 Å². The molecular formula is C14H21NO3. The van der Waals surface area contributed by atoms with Gasteiger partial charge >= 0.3 is 5.97 Å². The molecule has 2 N–H and O–H groups in total. The maximum atomic E-state index is 11.1. The number of nitrogens with one attached hydrogen (secondary N) is 1. The van der Waals surface area contributed by atoms with Crippen LogP contribution in [0.5, 0.6) is 5.75 Å². The lowest BCUT2D eigenvalue weighted by molar-refractivity contribution is -0.144. The lowest BCUT2D eigenvalue weighted by Gasteiger charge is -2.24. The van der Waals surface area contributed by atoms with E-state index in [1.807, 2.05) is 38.1 Å². The number of rotatable bonds is 7. The minimum absolute atomic E-state index is 0.450. The minimum atomic E-state index is -0.878. The maximum Gasteiger partial charge on any atom is 0.323 e. The standard InChI is InChI=1S/C14H21NO3/c1-4-14(3,13(16)17)15-9-10-18-12-7-5-11(2)6-8-12/h5-8,15H,4,9-10H2,1-3H3,(H,16,17). The van der Waals surface area contributed by atoms with Crippen molar-refractivity contribution in [3.05, 3.63) is 29.8 Å². The smallest absolute Gasteiger partial charge is 0.323 e. The summed E-state index contributed by atoms with van der Waals surface area (Å²) in [6.07, 6.45) is 0.535. The number of aliphatic carboxylic acids is 1. The van der Waals surface area contributed by atoms with E-state index in [0.717, 1.165) is 5.75 Å². The number of ether oxygens (including phenoxy) is 1. The third-order valence-corrected chi connectivity index (χ3v) is 3.09. The number of hydrogen-bond acceptors (Lipinski definition) is 3. The molecule has 100 valence electrons. The molecule has 1 atom stereocenters. The molecule has 4 nitrogen and oxygen atoms in total. The van der Waals surface area contributed by atoms with Crippen LogP contribution >= 0.6 is 0 Å². The molecule has 0 aliphatic heterocycles. The fraction of sp³-hybridized carbons (Fsp3) is 0.500. The van der Waals surface area contributed by atoms with Gasteiger partial charge in [-0.05, 0) is 32.4 Å². The summed E-state index contributed by atoms with van der Waals surface area (Å²) in [4.78, 5) is 11.1. The fourth-order valence-electron chi connectivity index (χ4n) is 1.48. The molecule has 1 rings (SSSR count). The zero-order chi connectivity index (χ0) is 13.6. The van der Waals surface area contributed by atoms with Crippen LogP contribution in [0.3, 0.4) is 0 Å². The van der Waals surface area contributed by atoms with Crippen LogP contribution in [0.1, 0.15) is 25.8 Å². The van der Waals surface area contributed by atoms with Gasteiger partial charge in [-0.2, -0.15) is 0 Å². The molecule has 18 heavy (non-hydrogen) atoms. The second-order valence-corrected chi connectivity index (χ2v) is 4.58. The first-order chi connectivity index (χ1) is 8.48. The van der Waals surface area contributed by atoms with Gasteiger partial charge in [-0.3, -0.25) is 10.1 Å². The number of hydrogen-bond donors (Lipinski definition) is 2. The Hall–Kier alpha value is -1.55. The van der Waals surface area contributed by atoms with E-state index in [1.165, 1.54) is 5.56 Å². The van der Waals surface area contributed by atoms with Crippen molar-refractivity contribution in [1.82, 2.24) is 5.32 Å². The number of carboxylic acids is 1. The monoisotopic (exact) mass is 251 g/mol. The zero-order valence-corrected chi connectivity index (χ0v) is 11.2. The highest BCUT2D eigenvalue weighted by Crippen LogP contribution is 2.12. The Morgan fingerprint density at radius 2 is 2.00 bits per heavy atom. The van der Waals surface area contributed by atoms with Crippen LogP contribution in [0.25, 0.3) is 0 Å². The fourth-order valence-corrected chi connectivity index (χ4v) is 1.48. The van der Waals surface area contributed by atoms with Gasteiger partial charge in [-0.1, -0.05) is 24.6 Å². The normalized spacial score (nSPS) is 13.9. The second-order valence-electron chi connectivity index (χ2n) is 4.58. The third-order valence-electron chi connectivity index (χ3n) is 3.09. The number of carboxylic acid groups (broad SMARTS) is 1. The molecule has 0 radical (unpaired) electrons. The average molecular weight is 251 g/mol. The number of benzene rings is 1. The number of carbonyl (C=O) groups is 1. The Kier molecular flexibility index (Phi) is 5.16. The molecule has 0 aromatic heterocycles. The van der Waals surface area contributed by atoms with Crippen LogP contribution in [-0.4, -0.2) is 29.8 Å². The van der Waals surface area contributed by atoms with E-state index in [1.54, 1.807) is 6.92 Å². The molecule has 0 amide bonds. The summed E-state index contributed by atoms with van der Waals surface area (Å²) in [5, 5.41) is 12.1. The molecule has 1 aromatic carbocycles. The van der Waals surface area contributed by atoms with Gasteiger partial charge in [0.25, 0.3) is 0 Å². The average Bonchev–Trinajstić information content (AvgIpc) is 2.36. The van der Waals surface area contributed by atoms with Gasteiger partial charge < -0.3 is 9.84 Å². The predicted molar refractivity (Wildman–Crippen MR) is 71.0 cm³/mol. The molecule has 0 heterocycles. The van der Waals surface area contributed by atoms with E-state index in [9.17, 15) is 4.79 Å². The Balaban J connectivity index is 2.34. The van der Waals surface area contributed by atoms with Crippen molar-refractivity contribution in [3.63, 3.8) is 0 Å². The van der Waals surface area contributed by atoms with Gasteiger partial charge in [0.1, 0.15) is 17.9 Å². The molecular weight excluding hydrogens is 230 g/mol. The second kappa shape index (κ2) is 6.40. The Bertz CT molecular complexity index is 389. The highest BCUT2D eigenvalue weighted by atomic mass is 16.5. The number of aryl methyl sites for hydroxylation is 1. The van der Waals surface area contributed by atoms with Crippen LogP contribution in [-0.2, 0) is 4.79 Å². The highest BCUT2D eigenvalue weighted by molar-refractivity contribution is 5.78. The van der Waals surface area contributed by atoms with Gasteiger partial charge in [0, 0.05) is 6.54 Å². The van der Waals surface area contributed by atoms with Crippen LogP contribution in [0.15, 0.2) is 24.3 Å². The van der Waals surface area contributed by atoms with Crippen molar-refractivity contribution in [2.75, 3.05) is 13.2 Å². The van der Waals surface area contributed by atoms with E-state index in [2.05, 4.69) is 5.32 Å². The van der Waals surface area contributed by atoms with Crippen molar-refractivity contribution in [1.29, 1.82) is 0 Å². The molecule has 4 heteroatoms. The van der Waals surface area contributed by atoms with E-state index in [4.69, 9.17) is 9.84 Å². The van der Waals surface area contributed by atoms with Gasteiger partial charge in [0.2, 0.25) is 0 Å². The molecule has 0 aliphatic carbocycles. The summed E-state index contributed by atoms with van der Waals surface area (Å²) >= 11 is 0. The van der Waals surface area contributed by atoms with Crippen molar-refractivity contribution in [2.24, 2.45) is 0 Å². The van der Waals surface area contributed by atoms with Crippen molar-refractivity contribution in [2.45, 2.75) is 32.7 Å². The van der Waals surface area contributed by atoms with Gasteiger partial charge in [-0.15, -0.1) is 0 Å². The predicted octanol–water partition coefficient (Wildman–Crippen LogP) is 2.22. The first kappa shape index (κ1) is 14.5. The lowest BCUT2D eigenvalue weighted by atomic mass is 9.99. The molecule has 0 saturated carbocycles. The Morgan fingerprint density at radius 1 is 1.39 bits per heavy atom. The SMILES string of the molecule is CCC(C)(NCCOc1ccc(C)cc1)C(=O)O. The van der Waals surface area contributed by atoms with Crippen molar-refractivity contribution in [3.8, 4) is 5.75 Å². The van der Waals surface area contributed by atoms with Gasteiger partial charge in [0.05, 0.1) is 0 Å². The molecule has 0 saturated heterocycles. The lowest BCUT2D eigenvalue weighted by Crippen LogP contribution is -2.50. The summed E-state index contributed by atoms with van der Waals surface area (Å²) in [6, 6.07) is 7.78. The van der Waals surface area contributed by atoms with Gasteiger partial charge in [0.15, 0.2) is 0 Å². The van der Waals surface area contributed by atoms with Crippen molar-refractivity contribution >= 4 is 5.97 Å². The minimum Gasteiger partial charge on any atom is -0.492 e. The topological polar surface area (TPSA) is 58.6 Å². The molecule has 0 fully saturated rings. The van der Waals surface area contributed by atoms with E-state index in [0.29, 0.717) is 19.6 Å². The summed E-state index contributed by atoms with van der Waals surface area (Å²) < 4.78 is 5.53.